The molecule has 0 saturated carbocycles. The van der Waals surface area contributed by atoms with Gasteiger partial charge in [0, 0.05) is 0 Å². The van der Waals surface area contributed by atoms with Crippen LogP contribution in [0, 0.1) is 0 Å². The van der Waals surface area contributed by atoms with Gasteiger partial charge in [0.15, 0.2) is 0 Å². The van der Waals surface area contributed by atoms with Gasteiger partial charge in [0.05, 0.1) is 0 Å². The molecule has 0 N–H and O–H groups in total. The minimum atomic E-state index is 0. The van der Waals surface area contributed by atoms with Crippen LogP contribution < -0.4 is 34.0 Å². The Morgan fingerprint density at radius 1 is 0.800 bits per heavy atom. The second kappa shape index (κ2) is 42.9. The fourth-order valence-corrected chi connectivity index (χ4v) is 0. The molecule has 0 aromatic heterocycles. The monoisotopic (exact) mass is 212 g/mol. The van der Waals surface area contributed by atoms with Gasteiger partial charge in [-0.2, -0.15) is 0 Å². The van der Waals surface area contributed by atoms with Crippen molar-refractivity contribution in [3.63, 3.8) is 0 Å². The van der Waals surface area contributed by atoms with Gasteiger partial charge in [-0.15, -0.1) is 0 Å². The van der Waals surface area contributed by atoms with E-state index < -0.39 is 0 Å². The summed E-state index contributed by atoms with van der Waals surface area (Å²) in [4.78, 5) is 0. The molecule has 0 aliphatic carbocycles. The Morgan fingerprint density at radius 3 is 0.800 bits per heavy atom. The zero-order chi connectivity index (χ0) is 2.00. The first-order chi connectivity index (χ1) is 1.00. The number of hydrogen-bond acceptors (Lipinski definition) is 0. The summed E-state index contributed by atoms with van der Waals surface area (Å²) in [6.45, 7) is 4.00. The summed E-state index contributed by atoms with van der Waals surface area (Å²) in [5, 5.41) is 0. The quantitative estimate of drug-likeness (QED) is 0.353. The Hall–Kier alpha value is 1.73. The predicted molar refractivity (Wildman–Crippen MR) is 17.1 cm³/mol. The summed E-state index contributed by atoms with van der Waals surface area (Å²) in [7, 11) is 0. The molecule has 0 radical (unpaired) electrons. The van der Waals surface area contributed by atoms with Crippen LogP contribution in [0.1, 0.15) is 13.8 Å². The van der Waals surface area contributed by atoms with Gasteiger partial charge in [-0.05, 0) is 0 Å². The van der Waals surface area contributed by atoms with Crippen LogP contribution >= 0.6 is 0 Å². The second-order valence-corrected chi connectivity index (χ2v) is 0. The second-order valence-electron chi connectivity index (χ2n) is 0. The normalized spacial score (nSPS) is 1.20. The Kier molecular flexibility index (Phi) is 255. The van der Waals surface area contributed by atoms with Crippen LogP contribution in [-0.4, -0.2) is 23.1 Å². The van der Waals surface area contributed by atoms with Gasteiger partial charge >= 0.3 is 23.1 Å². The molecule has 0 saturated heterocycles. The molecular formula is C2H6Br2Mg. The molecule has 0 fully saturated rings. The van der Waals surface area contributed by atoms with Crippen molar-refractivity contribution in [2.24, 2.45) is 0 Å². The molecule has 0 bridgehead atoms. The summed E-state index contributed by atoms with van der Waals surface area (Å²) >= 11 is 0. The van der Waals surface area contributed by atoms with Crippen LogP contribution in [0.4, 0.5) is 0 Å². The largest absolute Gasteiger partial charge is 2.00 e. The van der Waals surface area contributed by atoms with Crippen LogP contribution in [-0.2, 0) is 0 Å². The Labute approximate surface area is 70.4 Å². The Morgan fingerprint density at radius 2 is 0.800 bits per heavy atom. The topological polar surface area (TPSA) is 0 Å². The van der Waals surface area contributed by atoms with Gasteiger partial charge < -0.3 is 34.0 Å². The SMILES string of the molecule is CC.[Br-].[Br-].[Mg+2]. The van der Waals surface area contributed by atoms with E-state index in [9.17, 15) is 0 Å². The van der Waals surface area contributed by atoms with Crippen molar-refractivity contribution in [1.82, 2.24) is 0 Å². The van der Waals surface area contributed by atoms with Crippen molar-refractivity contribution in [2.45, 2.75) is 13.8 Å². The maximum Gasteiger partial charge on any atom is 2.00 e. The molecule has 0 aromatic rings. The average Bonchev–Trinajstić information content (AvgIpc) is 1.00. The van der Waals surface area contributed by atoms with Crippen LogP contribution in [0.25, 0.3) is 0 Å². The van der Waals surface area contributed by atoms with Crippen molar-refractivity contribution in [1.29, 1.82) is 0 Å². The molecule has 0 aliphatic rings. The van der Waals surface area contributed by atoms with Gasteiger partial charge in [0.1, 0.15) is 0 Å². The average molecular weight is 214 g/mol. The van der Waals surface area contributed by atoms with Crippen molar-refractivity contribution in [3.05, 3.63) is 0 Å². The molecule has 0 amide bonds. The first kappa shape index (κ1) is 29.7. The van der Waals surface area contributed by atoms with Crippen LogP contribution in [0.3, 0.4) is 0 Å². The molecule has 0 aliphatic heterocycles. The molecule has 5 heavy (non-hydrogen) atoms. The Balaban J connectivity index is -0.00000000167. The summed E-state index contributed by atoms with van der Waals surface area (Å²) in [6.07, 6.45) is 0. The van der Waals surface area contributed by atoms with Gasteiger partial charge in [-0.1, -0.05) is 13.8 Å². The fraction of sp³-hybridized carbons (Fsp3) is 1.00. The molecule has 0 aromatic carbocycles. The van der Waals surface area contributed by atoms with E-state index in [1.54, 1.807) is 0 Å². The zero-order valence-electron chi connectivity index (χ0n) is 3.46. The molecule has 0 atom stereocenters. The number of hydrogen-bond donors (Lipinski definition) is 0. The third-order valence-electron chi connectivity index (χ3n) is 0. The minimum absolute atomic E-state index is 0. The van der Waals surface area contributed by atoms with E-state index in [0.717, 1.165) is 0 Å². The van der Waals surface area contributed by atoms with Crippen LogP contribution in [0.5, 0.6) is 0 Å². The van der Waals surface area contributed by atoms with Crippen molar-refractivity contribution >= 4 is 23.1 Å². The third-order valence-corrected chi connectivity index (χ3v) is 0. The van der Waals surface area contributed by atoms with E-state index in [0.29, 0.717) is 0 Å². The predicted octanol–water partition coefficient (Wildman–Crippen LogP) is -5.35. The maximum absolute atomic E-state index is 2.00. The fourth-order valence-electron chi connectivity index (χ4n) is 0. The van der Waals surface area contributed by atoms with Crippen molar-refractivity contribution < 1.29 is 34.0 Å². The van der Waals surface area contributed by atoms with Gasteiger partial charge in [-0.3, -0.25) is 0 Å². The van der Waals surface area contributed by atoms with E-state index in [4.69, 9.17) is 0 Å². The maximum atomic E-state index is 2.00. The smallest absolute Gasteiger partial charge is 1.00 e. The summed E-state index contributed by atoms with van der Waals surface area (Å²) in [6, 6.07) is 0. The first-order valence-electron chi connectivity index (χ1n) is 1.00. The van der Waals surface area contributed by atoms with E-state index >= 15 is 0 Å². The minimum Gasteiger partial charge on any atom is -1.00 e. The molecule has 30 valence electrons. The van der Waals surface area contributed by atoms with E-state index in [2.05, 4.69) is 0 Å². The van der Waals surface area contributed by atoms with E-state index in [1.165, 1.54) is 0 Å². The standard InChI is InChI=1S/C2H6.2BrH.Mg/c1-2;;;/h1-2H3;2*1H;/q;;;+2/p-2. The molecule has 0 rings (SSSR count). The van der Waals surface area contributed by atoms with Crippen LogP contribution in [0.2, 0.25) is 0 Å². The summed E-state index contributed by atoms with van der Waals surface area (Å²) in [5.41, 5.74) is 0. The third kappa shape index (κ3) is 26.7. The molecular weight excluding hydrogens is 208 g/mol. The molecule has 0 spiro atoms. The molecule has 0 nitrogen and oxygen atoms in total. The van der Waals surface area contributed by atoms with Gasteiger partial charge in [0.2, 0.25) is 0 Å². The molecule has 0 unspecified atom stereocenters. The first-order valence-corrected chi connectivity index (χ1v) is 1.00. The van der Waals surface area contributed by atoms with Gasteiger partial charge in [-0.25, -0.2) is 0 Å². The molecule has 3 heteroatoms. The number of rotatable bonds is 0. The van der Waals surface area contributed by atoms with Crippen molar-refractivity contribution in [2.75, 3.05) is 0 Å². The summed E-state index contributed by atoms with van der Waals surface area (Å²) < 4.78 is 0. The molecule has 0 heterocycles. The van der Waals surface area contributed by atoms with Gasteiger partial charge in [0.25, 0.3) is 0 Å². The van der Waals surface area contributed by atoms with Crippen molar-refractivity contribution in [3.8, 4) is 0 Å². The van der Waals surface area contributed by atoms with Crippen LogP contribution in [0.15, 0.2) is 0 Å². The Bertz CT molecular complexity index is 7.61. The summed E-state index contributed by atoms with van der Waals surface area (Å²) in [5.74, 6) is 0. The van der Waals surface area contributed by atoms with E-state index in [1.807, 2.05) is 13.8 Å². The zero-order valence-corrected chi connectivity index (χ0v) is 8.05. The number of halogens is 2. The van der Waals surface area contributed by atoms with E-state index in [-0.39, 0.29) is 57.0 Å².